The Hall–Kier alpha value is -1.63. The molecule has 0 aliphatic carbocycles. The van der Waals surface area contributed by atoms with E-state index in [1.54, 1.807) is 11.8 Å². The normalized spacial score (nSPS) is 14.7. The number of hydrogen-bond acceptors (Lipinski definition) is 5. The summed E-state index contributed by atoms with van der Waals surface area (Å²) in [6.45, 7) is 7.10. The number of ether oxygens (including phenoxy) is 1. The quantitative estimate of drug-likeness (QED) is 0.509. The lowest BCUT2D eigenvalue weighted by Gasteiger charge is -2.24. The van der Waals surface area contributed by atoms with Crippen LogP contribution in [0.2, 0.25) is 0 Å². The van der Waals surface area contributed by atoms with Gasteiger partial charge < -0.3 is 20.3 Å². The van der Waals surface area contributed by atoms with Gasteiger partial charge in [-0.3, -0.25) is 14.4 Å². The maximum absolute atomic E-state index is 12.4. The third-order valence-electron chi connectivity index (χ3n) is 4.60. The Morgan fingerprint density at radius 1 is 1.15 bits per heavy atom. The van der Waals surface area contributed by atoms with Crippen LogP contribution in [-0.2, 0) is 19.1 Å². The van der Waals surface area contributed by atoms with Crippen molar-refractivity contribution in [2.45, 2.75) is 58.8 Å². The molecule has 0 aromatic carbocycles. The molecule has 2 amide bonds. The Labute approximate surface area is 157 Å². The number of carbonyl (C=O) groups is 3. The summed E-state index contributed by atoms with van der Waals surface area (Å²) >= 11 is 0. The highest BCUT2D eigenvalue weighted by Gasteiger charge is 2.18. The van der Waals surface area contributed by atoms with Gasteiger partial charge in [-0.25, -0.2) is 0 Å². The van der Waals surface area contributed by atoms with E-state index in [9.17, 15) is 14.4 Å². The molecule has 2 N–H and O–H groups in total. The molecule has 1 saturated heterocycles. The minimum Gasteiger partial charge on any atom is -0.466 e. The van der Waals surface area contributed by atoms with E-state index in [2.05, 4.69) is 10.6 Å². The van der Waals surface area contributed by atoms with Crippen LogP contribution in [0.25, 0.3) is 0 Å². The molecule has 7 heteroatoms. The van der Waals surface area contributed by atoms with E-state index in [1.165, 1.54) is 12.8 Å². The number of esters is 1. The van der Waals surface area contributed by atoms with E-state index in [4.69, 9.17) is 4.74 Å². The zero-order valence-corrected chi connectivity index (χ0v) is 16.3. The molecular weight excluding hydrogens is 334 g/mol. The summed E-state index contributed by atoms with van der Waals surface area (Å²) in [5.74, 6) is 0.206. The second kappa shape index (κ2) is 13.6. The summed E-state index contributed by atoms with van der Waals surface area (Å²) in [4.78, 5) is 37.4. The minimum atomic E-state index is -0.327. The molecule has 1 aliphatic heterocycles. The van der Waals surface area contributed by atoms with Gasteiger partial charge in [-0.05, 0) is 58.0 Å². The average Bonchev–Trinajstić information content (AvgIpc) is 2.62. The van der Waals surface area contributed by atoms with E-state index < -0.39 is 0 Å². The standard InChI is InChI=1S/C19H35N3O4/c1-3-14-22(15-17(23)21-13-10-19(25)26-4-2)18(24)7-5-6-16-8-11-20-12-9-16/h16,20H,3-15H2,1-2H3,(H,21,23). The Morgan fingerprint density at radius 2 is 1.88 bits per heavy atom. The van der Waals surface area contributed by atoms with Gasteiger partial charge in [-0.2, -0.15) is 0 Å². The largest absolute Gasteiger partial charge is 0.466 e. The second-order valence-corrected chi connectivity index (χ2v) is 6.81. The highest BCUT2D eigenvalue weighted by Crippen LogP contribution is 2.19. The SMILES string of the molecule is CCCN(CC(=O)NCCC(=O)OCC)C(=O)CCCC1CCNCC1. The van der Waals surface area contributed by atoms with Crippen molar-refractivity contribution in [3.05, 3.63) is 0 Å². The summed E-state index contributed by atoms with van der Waals surface area (Å²) in [5, 5.41) is 6.04. The number of rotatable bonds is 12. The Kier molecular flexibility index (Phi) is 11.7. The third kappa shape index (κ3) is 9.75. The van der Waals surface area contributed by atoms with Gasteiger partial charge in [0.15, 0.2) is 0 Å². The van der Waals surface area contributed by atoms with Gasteiger partial charge in [-0.15, -0.1) is 0 Å². The number of carbonyl (C=O) groups excluding carboxylic acids is 3. The molecule has 0 atom stereocenters. The molecular formula is C19H35N3O4. The lowest BCUT2D eigenvalue weighted by atomic mass is 9.92. The number of hydrogen-bond donors (Lipinski definition) is 2. The molecule has 0 radical (unpaired) electrons. The van der Waals surface area contributed by atoms with Crippen molar-refractivity contribution in [1.29, 1.82) is 0 Å². The lowest BCUT2D eigenvalue weighted by molar-refractivity contribution is -0.143. The number of piperidine rings is 1. The van der Waals surface area contributed by atoms with Gasteiger partial charge in [0, 0.05) is 19.5 Å². The first-order chi connectivity index (χ1) is 12.6. The van der Waals surface area contributed by atoms with Gasteiger partial charge in [0.2, 0.25) is 11.8 Å². The maximum atomic E-state index is 12.4. The zero-order valence-electron chi connectivity index (χ0n) is 16.3. The predicted molar refractivity (Wildman–Crippen MR) is 101 cm³/mol. The van der Waals surface area contributed by atoms with Crippen molar-refractivity contribution in [2.24, 2.45) is 5.92 Å². The van der Waals surface area contributed by atoms with Crippen molar-refractivity contribution in [1.82, 2.24) is 15.5 Å². The Morgan fingerprint density at radius 3 is 2.54 bits per heavy atom. The number of nitrogens with zero attached hydrogens (tertiary/aromatic N) is 1. The van der Waals surface area contributed by atoms with E-state index in [0.717, 1.165) is 38.3 Å². The first-order valence-electron chi connectivity index (χ1n) is 9.97. The van der Waals surface area contributed by atoms with Crippen LogP contribution in [0.5, 0.6) is 0 Å². The highest BCUT2D eigenvalue weighted by molar-refractivity contribution is 5.85. The Balaban J connectivity index is 2.27. The van der Waals surface area contributed by atoms with Crippen molar-refractivity contribution in [2.75, 3.05) is 39.3 Å². The first-order valence-corrected chi connectivity index (χ1v) is 9.97. The summed E-state index contributed by atoms with van der Waals surface area (Å²) in [6.07, 6.45) is 5.81. The fourth-order valence-corrected chi connectivity index (χ4v) is 3.20. The average molecular weight is 370 g/mol. The first kappa shape index (κ1) is 22.4. The van der Waals surface area contributed by atoms with Crippen molar-refractivity contribution in [3.8, 4) is 0 Å². The molecule has 1 fully saturated rings. The smallest absolute Gasteiger partial charge is 0.307 e. The van der Waals surface area contributed by atoms with Crippen molar-refractivity contribution >= 4 is 17.8 Å². The van der Waals surface area contributed by atoms with E-state index in [0.29, 0.717) is 19.6 Å². The third-order valence-corrected chi connectivity index (χ3v) is 4.60. The Bertz CT molecular complexity index is 437. The summed E-state index contributed by atoms with van der Waals surface area (Å²) in [7, 11) is 0. The maximum Gasteiger partial charge on any atom is 0.307 e. The number of nitrogens with one attached hydrogen (secondary N) is 2. The van der Waals surface area contributed by atoms with Crippen LogP contribution < -0.4 is 10.6 Å². The van der Waals surface area contributed by atoms with Gasteiger partial charge in [0.05, 0.1) is 19.6 Å². The van der Waals surface area contributed by atoms with Gasteiger partial charge >= 0.3 is 5.97 Å². The summed E-state index contributed by atoms with van der Waals surface area (Å²) in [5.41, 5.74) is 0. The van der Waals surface area contributed by atoms with Gasteiger partial charge in [0.25, 0.3) is 0 Å². The van der Waals surface area contributed by atoms with Crippen LogP contribution in [0.15, 0.2) is 0 Å². The molecule has 0 saturated carbocycles. The summed E-state index contributed by atoms with van der Waals surface area (Å²) < 4.78 is 4.82. The van der Waals surface area contributed by atoms with Gasteiger partial charge in [0.1, 0.15) is 0 Å². The molecule has 0 bridgehead atoms. The predicted octanol–water partition coefficient (Wildman–Crippen LogP) is 1.46. The van der Waals surface area contributed by atoms with Crippen LogP contribution in [0.1, 0.15) is 58.8 Å². The number of amides is 2. The molecule has 1 rings (SSSR count). The lowest BCUT2D eigenvalue weighted by Crippen LogP contribution is -2.41. The van der Waals surface area contributed by atoms with Crippen LogP contribution in [0, 0.1) is 5.92 Å². The van der Waals surface area contributed by atoms with Crippen molar-refractivity contribution in [3.63, 3.8) is 0 Å². The molecule has 1 aliphatic rings. The molecule has 26 heavy (non-hydrogen) atoms. The fourth-order valence-electron chi connectivity index (χ4n) is 3.20. The van der Waals surface area contributed by atoms with E-state index >= 15 is 0 Å². The molecule has 0 spiro atoms. The molecule has 150 valence electrons. The van der Waals surface area contributed by atoms with Crippen LogP contribution in [-0.4, -0.2) is 62.0 Å². The van der Waals surface area contributed by atoms with E-state index in [1.807, 2.05) is 6.92 Å². The molecule has 1 heterocycles. The topological polar surface area (TPSA) is 87.7 Å². The molecule has 0 aromatic heterocycles. The molecule has 0 unspecified atom stereocenters. The highest BCUT2D eigenvalue weighted by atomic mass is 16.5. The monoisotopic (exact) mass is 369 g/mol. The molecule has 7 nitrogen and oxygen atoms in total. The van der Waals surface area contributed by atoms with Gasteiger partial charge in [-0.1, -0.05) is 6.92 Å². The van der Waals surface area contributed by atoms with Crippen LogP contribution in [0.4, 0.5) is 0 Å². The van der Waals surface area contributed by atoms with Crippen LogP contribution >= 0.6 is 0 Å². The zero-order chi connectivity index (χ0) is 19.2. The van der Waals surface area contributed by atoms with Crippen LogP contribution in [0.3, 0.4) is 0 Å². The van der Waals surface area contributed by atoms with E-state index in [-0.39, 0.29) is 37.3 Å². The summed E-state index contributed by atoms with van der Waals surface area (Å²) in [6, 6.07) is 0. The minimum absolute atomic E-state index is 0.0429. The second-order valence-electron chi connectivity index (χ2n) is 6.81. The fraction of sp³-hybridized carbons (Fsp3) is 0.842. The van der Waals surface area contributed by atoms with Crippen molar-refractivity contribution < 1.29 is 19.1 Å². The molecule has 0 aromatic rings.